The average molecular weight is 258 g/mol. The number of fused-ring (bicyclic) bond motifs is 1. The first-order valence-electron chi connectivity index (χ1n) is 5.43. The van der Waals surface area contributed by atoms with Crippen LogP contribution in [0.3, 0.4) is 0 Å². The summed E-state index contributed by atoms with van der Waals surface area (Å²) in [5.41, 5.74) is 1.33. The predicted octanol–water partition coefficient (Wildman–Crippen LogP) is 1.97. The minimum Gasteiger partial charge on any atom is -0.323 e. The monoisotopic (exact) mass is 258 g/mol. The van der Waals surface area contributed by atoms with Gasteiger partial charge in [0.1, 0.15) is 6.33 Å². The van der Waals surface area contributed by atoms with Gasteiger partial charge < -0.3 is 5.32 Å². The van der Waals surface area contributed by atoms with Crippen molar-refractivity contribution in [3.63, 3.8) is 0 Å². The zero-order valence-electron chi connectivity index (χ0n) is 9.41. The molecule has 3 aromatic heterocycles. The van der Waals surface area contributed by atoms with Crippen molar-refractivity contribution in [2.45, 2.75) is 6.42 Å². The topological polar surface area (TPSA) is 59.3 Å². The Hall–Kier alpha value is -2.21. The van der Waals surface area contributed by atoms with E-state index < -0.39 is 0 Å². The van der Waals surface area contributed by atoms with Gasteiger partial charge in [0.2, 0.25) is 5.91 Å². The number of aromatic nitrogens is 3. The van der Waals surface area contributed by atoms with E-state index >= 15 is 0 Å². The van der Waals surface area contributed by atoms with Crippen LogP contribution in [0, 0.1) is 0 Å². The molecule has 5 nitrogen and oxygen atoms in total. The molecule has 0 saturated heterocycles. The van der Waals surface area contributed by atoms with Crippen LogP contribution in [0.5, 0.6) is 0 Å². The third-order valence-corrected chi connectivity index (χ3v) is 3.37. The lowest BCUT2D eigenvalue weighted by atomic mass is 10.3. The molecule has 0 radical (unpaired) electrons. The minimum absolute atomic E-state index is 0.0476. The molecule has 3 aromatic rings. The number of nitrogens with zero attached hydrogens (tertiary/aromatic N) is 3. The fourth-order valence-electron chi connectivity index (χ4n) is 1.71. The maximum Gasteiger partial charge on any atom is 0.229 e. The molecule has 0 bridgehead atoms. The Balaban J connectivity index is 1.80. The van der Waals surface area contributed by atoms with Crippen LogP contribution < -0.4 is 5.32 Å². The summed E-state index contributed by atoms with van der Waals surface area (Å²) < 4.78 is 1.63. The second-order valence-corrected chi connectivity index (χ2v) is 4.79. The van der Waals surface area contributed by atoms with Gasteiger partial charge in [0.25, 0.3) is 0 Å². The fourth-order valence-corrected chi connectivity index (χ4v) is 2.41. The van der Waals surface area contributed by atoms with Gasteiger partial charge in [0.15, 0.2) is 5.65 Å². The number of hydrogen-bond donors (Lipinski definition) is 1. The van der Waals surface area contributed by atoms with E-state index in [2.05, 4.69) is 15.4 Å². The van der Waals surface area contributed by atoms with E-state index in [1.165, 1.54) is 6.33 Å². The maximum atomic E-state index is 11.9. The number of amides is 1. The largest absolute Gasteiger partial charge is 0.323 e. The molecule has 0 aliphatic heterocycles. The van der Waals surface area contributed by atoms with Crippen LogP contribution in [0.25, 0.3) is 5.65 Å². The second kappa shape index (κ2) is 4.58. The number of pyridine rings is 1. The fraction of sp³-hybridized carbons (Fsp3) is 0.0833. The zero-order valence-corrected chi connectivity index (χ0v) is 10.2. The van der Waals surface area contributed by atoms with Gasteiger partial charge in [-0.05, 0) is 23.6 Å². The van der Waals surface area contributed by atoms with Crippen LogP contribution in [0.15, 0.2) is 42.2 Å². The minimum atomic E-state index is -0.0476. The lowest BCUT2D eigenvalue weighted by Crippen LogP contribution is -2.14. The molecule has 3 rings (SSSR count). The highest BCUT2D eigenvalue weighted by atomic mass is 32.1. The molecule has 3 heterocycles. The number of nitrogens with one attached hydrogen (secondary N) is 1. The van der Waals surface area contributed by atoms with Gasteiger partial charge >= 0.3 is 0 Å². The van der Waals surface area contributed by atoms with Crippen LogP contribution in [0.4, 0.5) is 5.69 Å². The van der Waals surface area contributed by atoms with E-state index in [9.17, 15) is 4.79 Å². The van der Waals surface area contributed by atoms with Gasteiger partial charge in [-0.3, -0.25) is 4.79 Å². The van der Waals surface area contributed by atoms with Gasteiger partial charge in [-0.2, -0.15) is 5.10 Å². The van der Waals surface area contributed by atoms with E-state index in [0.29, 0.717) is 17.8 Å². The Kier molecular flexibility index (Phi) is 2.77. The van der Waals surface area contributed by atoms with Crippen LogP contribution in [-0.2, 0) is 11.2 Å². The van der Waals surface area contributed by atoms with Gasteiger partial charge in [-0.1, -0.05) is 6.07 Å². The normalized spacial score (nSPS) is 10.7. The summed E-state index contributed by atoms with van der Waals surface area (Å²) in [4.78, 5) is 17.0. The van der Waals surface area contributed by atoms with E-state index in [1.54, 1.807) is 22.0 Å². The highest BCUT2D eigenvalue weighted by Gasteiger charge is 2.08. The molecular formula is C12H10N4OS. The molecule has 90 valence electrons. The molecule has 0 unspecified atom stereocenters. The average Bonchev–Trinajstić information content (AvgIpc) is 2.99. The lowest BCUT2D eigenvalue weighted by Gasteiger charge is -2.04. The van der Waals surface area contributed by atoms with Crippen LogP contribution in [0.1, 0.15) is 4.88 Å². The maximum absolute atomic E-state index is 11.9. The molecule has 6 heteroatoms. The molecule has 0 aliphatic carbocycles. The quantitative estimate of drug-likeness (QED) is 0.781. The van der Waals surface area contributed by atoms with Crippen molar-refractivity contribution in [1.29, 1.82) is 0 Å². The van der Waals surface area contributed by atoms with E-state index in [1.807, 2.05) is 29.6 Å². The highest BCUT2D eigenvalue weighted by molar-refractivity contribution is 7.10. The number of thiophene rings is 1. The molecule has 1 amide bonds. The van der Waals surface area contributed by atoms with E-state index in [0.717, 1.165) is 4.88 Å². The van der Waals surface area contributed by atoms with Crippen molar-refractivity contribution in [2.75, 3.05) is 5.32 Å². The zero-order chi connectivity index (χ0) is 12.4. The van der Waals surface area contributed by atoms with Crippen molar-refractivity contribution >= 4 is 28.6 Å². The van der Waals surface area contributed by atoms with E-state index in [-0.39, 0.29) is 5.91 Å². The summed E-state index contributed by atoms with van der Waals surface area (Å²) in [5, 5.41) is 8.83. The molecule has 0 atom stereocenters. The summed E-state index contributed by atoms with van der Waals surface area (Å²) >= 11 is 1.57. The first-order chi connectivity index (χ1) is 8.83. The molecule has 0 aromatic carbocycles. The Morgan fingerprint density at radius 2 is 2.33 bits per heavy atom. The third kappa shape index (κ3) is 2.10. The molecule has 1 N–H and O–H groups in total. The third-order valence-electron chi connectivity index (χ3n) is 2.49. The summed E-state index contributed by atoms with van der Waals surface area (Å²) in [6, 6.07) is 7.52. The summed E-state index contributed by atoms with van der Waals surface area (Å²) in [5.74, 6) is -0.0476. The Bertz CT molecular complexity index is 674. The number of rotatable bonds is 3. The van der Waals surface area contributed by atoms with Crippen molar-refractivity contribution in [2.24, 2.45) is 0 Å². The van der Waals surface area contributed by atoms with E-state index in [4.69, 9.17) is 0 Å². The summed E-state index contributed by atoms with van der Waals surface area (Å²) in [6.07, 6.45) is 3.63. The number of hydrogen-bond acceptors (Lipinski definition) is 4. The molecule has 0 saturated carbocycles. The Labute approximate surface area is 107 Å². The number of carbonyl (C=O) groups is 1. The van der Waals surface area contributed by atoms with Gasteiger partial charge in [-0.25, -0.2) is 9.50 Å². The van der Waals surface area contributed by atoms with Crippen LogP contribution >= 0.6 is 11.3 Å². The van der Waals surface area contributed by atoms with Crippen LogP contribution in [-0.4, -0.2) is 20.5 Å². The van der Waals surface area contributed by atoms with Crippen molar-refractivity contribution in [3.8, 4) is 0 Å². The van der Waals surface area contributed by atoms with Crippen molar-refractivity contribution in [1.82, 2.24) is 14.6 Å². The van der Waals surface area contributed by atoms with Gasteiger partial charge in [-0.15, -0.1) is 11.3 Å². The first kappa shape index (κ1) is 10.9. The molecule has 0 fully saturated rings. The number of anilines is 1. The summed E-state index contributed by atoms with van der Waals surface area (Å²) in [6.45, 7) is 0. The Morgan fingerprint density at radius 1 is 1.39 bits per heavy atom. The lowest BCUT2D eigenvalue weighted by molar-refractivity contribution is -0.115. The number of carbonyl (C=O) groups excluding carboxylic acids is 1. The molecule has 18 heavy (non-hydrogen) atoms. The van der Waals surface area contributed by atoms with Crippen molar-refractivity contribution < 1.29 is 4.79 Å². The molecule has 0 aliphatic rings. The smallest absolute Gasteiger partial charge is 0.229 e. The standard InChI is InChI=1S/C12H10N4OS/c17-11(7-9-3-2-6-18-9)15-10-4-1-5-16-12(10)13-8-14-16/h1-6,8H,7H2,(H,15,17). The predicted molar refractivity (Wildman–Crippen MR) is 69.6 cm³/mol. The van der Waals surface area contributed by atoms with Crippen molar-refractivity contribution in [3.05, 3.63) is 47.0 Å². The van der Waals surface area contributed by atoms with Gasteiger partial charge in [0, 0.05) is 11.1 Å². The molecule has 0 spiro atoms. The SMILES string of the molecule is O=C(Cc1cccs1)Nc1cccn2ncnc12. The summed E-state index contributed by atoms with van der Waals surface area (Å²) in [7, 11) is 0. The highest BCUT2D eigenvalue weighted by Crippen LogP contribution is 2.15. The van der Waals surface area contributed by atoms with Crippen LogP contribution in [0.2, 0.25) is 0 Å². The first-order valence-corrected chi connectivity index (χ1v) is 6.31. The molecular weight excluding hydrogens is 248 g/mol. The second-order valence-electron chi connectivity index (χ2n) is 3.75. The van der Waals surface area contributed by atoms with Gasteiger partial charge in [0.05, 0.1) is 12.1 Å². The Morgan fingerprint density at radius 3 is 3.17 bits per heavy atom.